The molecule has 110 valence electrons. The molecule has 0 spiro atoms. The van der Waals surface area contributed by atoms with E-state index in [1.807, 2.05) is 7.05 Å². The molecule has 0 aromatic heterocycles. The minimum absolute atomic E-state index is 0.265. The lowest BCUT2D eigenvalue weighted by atomic mass is 9.97. The first-order chi connectivity index (χ1) is 9.81. The van der Waals surface area contributed by atoms with Crippen molar-refractivity contribution in [3.63, 3.8) is 0 Å². The molecule has 2 heterocycles. The van der Waals surface area contributed by atoms with Gasteiger partial charge in [0.05, 0.1) is 18.8 Å². The highest BCUT2D eigenvalue weighted by Crippen LogP contribution is 2.29. The normalized spacial score (nSPS) is 28.3. The molecule has 0 bridgehead atoms. The molecular weight excluding hydrogens is 248 g/mol. The maximum absolute atomic E-state index is 6.17. The zero-order chi connectivity index (χ0) is 13.9. The van der Waals surface area contributed by atoms with Crippen molar-refractivity contribution in [1.82, 2.24) is 10.2 Å². The topological polar surface area (TPSA) is 24.5 Å². The highest BCUT2D eigenvalue weighted by Gasteiger charge is 2.35. The Morgan fingerprint density at radius 3 is 3.15 bits per heavy atom. The molecule has 0 amide bonds. The molecular formula is C17H26N2O. The van der Waals surface area contributed by atoms with Crippen LogP contribution in [0.5, 0.6) is 0 Å². The van der Waals surface area contributed by atoms with E-state index in [2.05, 4.69) is 41.4 Å². The number of ether oxygens (including phenoxy) is 1. The number of nitrogens with one attached hydrogen (secondary N) is 1. The summed E-state index contributed by atoms with van der Waals surface area (Å²) in [4.78, 5) is 2.61. The number of hydrogen-bond acceptors (Lipinski definition) is 3. The lowest BCUT2D eigenvalue weighted by Crippen LogP contribution is -2.50. The predicted molar refractivity (Wildman–Crippen MR) is 82.0 cm³/mol. The molecule has 3 heteroatoms. The summed E-state index contributed by atoms with van der Waals surface area (Å²) in [5.74, 6) is 0. The average molecular weight is 274 g/mol. The molecule has 3 unspecified atom stereocenters. The van der Waals surface area contributed by atoms with E-state index in [1.54, 1.807) is 0 Å². The summed E-state index contributed by atoms with van der Waals surface area (Å²) >= 11 is 0. The Bertz CT molecular complexity index is 448. The van der Waals surface area contributed by atoms with Crippen molar-refractivity contribution >= 4 is 0 Å². The summed E-state index contributed by atoms with van der Waals surface area (Å²) < 4.78 is 6.17. The zero-order valence-electron chi connectivity index (χ0n) is 12.6. The van der Waals surface area contributed by atoms with Gasteiger partial charge in [0.2, 0.25) is 0 Å². The van der Waals surface area contributed by atoms with E-state index in [-0.39, 0.29) is 6.10 Å². The monoisotopic (exact) mass is 274 g/mol. The third-order valence-corrected chi connectivity index (χ3v) is 4.82. The van der Waals surface area contributed by atoms with E-state index in [4.69, 9.17) is 4.74 Å². The smallest absolute Gasteiger partial charge is 0.0897 e. The molecule has 1 N–H and O–H groups in total. The predicted octanol–water partition coefficient (Wildman–Crippen LogP) is 2.37. The molecule has 3 nitrogen and oxygen atoms in total. The van der Waals surface area contributed by atoms with Crippen LogP contribution in [0.15, 0.2) is 24.3 Å². The van der Waals surface area contributed by atoms with Crippen molar-refractivity contribution in [2.45, 2.75) is 44.4 Å². The number of rotatable bonds is 4. The Balaban J connectivity index is 1.75. The molecule has 1 aromatic rings. The average Bonchev–Trinajstić information content (AvgIpc) is 2.96. The maximum Gasteiger partial charge on any atom is 0.0897 e. The molecule has 3 atom stereocenters. The van der Waals surface area contributed by atoms with Crippen molar-refractivity contribution in [3.05, 3.63) is 35.4 Å². The fourth-order valence-corrected chi connectivity index (χ4v) is 3.62. The van der Waals surface area contributed by atoms with Crippen LogP contribution < -0.4 is 5.32 Å². The molecule has 0 aliphatic carbocycles. The lowest BCUT2D eigenvalue weighted by molar-refractivity contribution is -0.0642. The molecule has 2 aliphatic heterocycles. The third kappa shape index (κ3) is 2.76. The number of morpholine rings is 1. The fraction of sp³-hybridized carbons (Fsp3) is 0.647. The molecule has 1 aromatic carbocycles. The second-order valence-electron chi connectivity index (χ2n) is 6.03. The van der Waals surface area contributed by atoms with Gasteiger partial charge in [0.25, 0.3) is 0 Å². The Kier molecular flexibility index (Phi) is 4.39. The standard InChI is InChI=1S/C17H26N2O/c1-3-13-6-4-7-14(10-13)17(18-2)16-11-19-9-5-8-15(19)12-20-16/h4,6-7,10,15-18H,3,5,8-9,11-12H2,1-2H3. The van der Waals surface area contributed by atoms with Crippen LogP contribution in [0.3, 0.4) is 0 Å². The number of aryl methyl sites for hydroxylation is 1. The van der Waals surface area contributed by atoms with Gasteiger partial charge in [-0.3, -0.25) is 4.90 Å². The maximum atomic E-state index is 6.17. The Morgan fingerprint density at radius 1 is 1.45 bits per heavy atom. The summed E-state index contributed by atoms with van der Waals surface area (Å²) in [6.45, 7) is 5.41. The van der Waals surface area contributed by atoms with Gasteiger partial charge in [-0.05, 0) is 44.0 Å². The summed E-state index contributed by atoms with van der Waals surface area (Å²) in [5.41, 5.74) is 2.76. The van der Waals surface area contributed by atoms with Gasteiger partial charge in [-0.1, -0.05) is 31.2 Å². The van der Waals surface area contributed by atoms with Crippen LogP contribution in [0, 0.1) is 0 Å². The van der Waals surface area contributed by atoms with Crippen molar-refractivity contribution in [3.8, 4) is 0 Å². The van der Waals surface area contributed by atoms with Crippen molar-refractivity contribution in [1.29, 1.82) is 0 Å². The fourth-order valence-electron chi connectivity index (χ4n) is 3.62. The van der Waals surface area contributed by atoms with Gasteiger partial charge in [-0.25, -0.2) is 0 Å². The molecule has 0 saturated carbocycles. The Morgan fingerprint density at radius 2 is 2.35 bits per heavy atom. The minimum atomic E-state index is 0.265. The molecule has 0 radical (unpaired) electrons. The molecule has 2 fully saturated rings. The van der Waals surface area contributed by atoms with Gasteiger partial charge in [0.1, 0.15) is 0 Å². The van der Waals surface area contributed by atoms with Gasteiger partial charge < -0.3 is 10.1 Å². The zero-order valence-corrected chi connectivity index (χ0v) is 12.6. The van der Waals surface area contributed by atoms with Gasteiger partial charge in [-0.15, -0.1) is 0 Å². The third-order valence-electron chi connectivity index (χ3n) is 4.82. The number of fused-ring (bicyclic) bond motifs is 1. The molecule has 3 rings (SSSR count). The van der Waals surface area contributed by atoms with Crippen LogP contribution in [0.4, 0.5) is 0 Å². The van der Waals surface area contributed by atoms with Gasteiger partial charge in [0.15, 0.2) is 0 Å². The molecule has 2 aliphatic rings. The summed E-state index contributed by atoms with van der Waals surface area (Å²) in [6.07, 6.45) is 3.99. The van der Waals surface area contributed by atoms with E-state index < -0.39 is 0 Å². The SMILES string of the molecule is CCc1cccc(C(NC)C2CN3CCCC3CO2)c1. The van der Waals surface area contributed by atoms with Crippen LogP contribution in [-0.4, -0.2) is 43.8 Å². The molecule has 20 heavy (non-hydrogen) atoms. The number of hydrogen-bond donors (Lipinski definition) is 1. The number of benzene rings is 1. The first kappa shape index (κ1) is 14.1. The minimum Gasteiger partial charge on any atom is -0.373 e. The van der Waals surface area contributed by atoms with Crippen molar-refractivity contribution in [2.24, 2.45) is 0 Å². The van der Waals surface area contributed by atoms with E-state index in [0.717, 1.165) is 19.6 Å². The number of likely N-dealkylation sites (N-methyl/N-ethyl adjacent to an activating group) is 1. The van der Waals surface area contributed by atoms with Crippen molar-refractivity contribution in [2.75, 3.05) is 26.7 Å². The summed E-state index contributed by atoms with van der Waals surface area (Å²) in [5, 5.41) is 3.47. The highest BCUT2D eigenvalue weighted by molar-refractivity contribution is 5.27. The van der Waals surface area contributed by atoms with E-state index in [1.165, 1.54) is 30.5 Å². The first-order valence-electron chi connectivity index (χ1n) is 7.93. The quantitative estimate of drug-likeness (QED) is 0.912. The van der Waals surface area contributed by atoms with Crippen LogP contribution in [0.25, 0.3) is 0 Å². The lowest BCUT2D eigenvalue weighted by Gasteiger charge is -2.39. The second kappa shape index (κ2) is 6.25. The van der Waals surface area contributed by atoms with Crippen LogP contribution >= 0.6 is 0 Å². The van der Waals surface area contributed by atoms with Crippen LogP contribution in [-0.2, 0) is 11.2 Å². The Hall–Kier alpha value is -0.900. The summed E-state index contributed by atoms with van der Waals surface area (Å²) in [6, 6.07) is 9.88. The first-order valence-corrected chi connectivity index (χ1v) is 7.93. The van der Waals surface area contributed by atoms with Crippen LogP contribution in [0.1, 0.15) is 36.9 Å². The van der Waals surface area contributed by atoms with Crippen molar-refractivity contribution < 1.29 is 4.74 Å². The molecule has 2 saturated heterocycles. The summed E-state index contributed by atoms with van der Waals surface area (Å²) in [7, 11) is 2.04. The number of nitrogens with zero attached hydrogens (tertiary/aromatic N) is 1. The van der Waals surface area contributed by atoms with Crippen LogP contribution in [0.2, 0.25) is 0 Å². The van der Waals surface area contributed by atoms with Gasteiger partial charge >= 0.3 is 0 Å². The largest absolute Gasteiger partial charge is 0.373 e. The highest BCUT2D eigenvalue weighted by atomic mass is 16.5. The van der Waals surface area contributed by atoms with Gasteiger partial charge in [-0.2, -0.15) is 0 Å². The van der Waals surface area contributed by atoms with E-state index in [0.29, 0.717) is 12.1 Å². The van der Waals surface area contributed by atoms with Gasteiger partial charge in [0, 0.05) is 12.6 Å². The van der Waals surface area contributed by atoms with E-state index >= 15 is 0 Å². The second-order valence-corrected chi connectivity index (χ2v) is 6.03. The Labute approximate surface area is 122 Å². The van der Waals surface area contributed by atoms with E-state index in [9.17, 15) is 0 Å².